The third-order valence-corrected chi connectivity index (χ3v) is 3.14. The van der Waals surface area contributed by atoms with Gasteiger partial charge in [-0.3, -0.25) is 4.79 Å². The highest BCUT2D eigenvalue weighted by Gasteiger charge is 2.14. The predicted octanol–water partition coefficient (Wildman–Crippen LogP) is 4.08. The molecule has 1 aromatic heterocycles. The number of rotatable bonds is 3. The van der Waals surface area contributed by atoms with Crippen molar-refractivity contribution < 1.29 is 9.21 Å². The number of carbonyl (C=O) groups is 1. The van der Waals surface area contributed by atoms with Gasteiger partial charge in [-0.15, -0.1) is 0 Å². The van der Waals surface area contributed by atoms with Crippen LogP contribution >= 0.6 is 15.9 Å². The number of benzene rings is 1. The highest BCUT2D eigenvalue weighted by molar-refractivity contribution is 9.10. The second-order valence-corrected chi connectivity index (χ2v) is 5.05. The number of carbonyl (C=O) groups excluding carboxylic acids is 1. The van der Waals surface area contributed by atoms with Gasteiger partial charge in [-0.25, -0.2) is 0 Å². The van der Waals surface area contributed by atoms with Crippen LogP contribution in [-0.4, -0.2) is 5.78 Å². The van der Waals surface area contributed by atoms with Gasteiger partial charge in [0, 0.05) is 6.42 Å². The van der Waals surface area contributed by atoms with Gasteiger partial charge in [0.05, 0.1) is 10.7 Å². The van der Waals surface area contributed by atoms with Crippen LogP contribution in [0.1, 0.15) is 27.2 Å². The van der Waals surface area contributed by atoms with Gasteiger partial charge in [-0.05, 0) is 41.4 Å². The Morgan fingerprint density at radius 2 is 1.88 bits per heavy atom. The Morgan fingerprint density at radius 1 is 1.24 bits per heavy atom. The molecule has 88 valence electrons. The van der Waals surface area contributed by atoms with Crippen LogP contribution in [0.4, 0.5) is 0 Å². The Kier molecular flexibility index (Phi) is 3.48. The summed E-state index contributed by atoms with van der Waals surface area (Å²) < 4.78 is 5.88. The van der Waals surface area contributed by atoms with E-state index < -0.39 is 0 Å². The maximum atomic E-state index is 12.0. The Morgan fingerprint density at radius 3 is 2.41 bits per heavy atom. The van der Waals surface area contributed by atoms with Crippen LogP contribution in [-0.2, 0) is 6.42 Å². The van der Waals surface area contributed by atoms with Gasteiger partial charge in [0.2, 0.25) is 5.78 Å². The predicted molar refractivity (Wildman–Crippen MR) is 70.4 cm³/mol. The van der Waals surface area contributed by atoms with E-state index in [0.29, 0.717) is 16.7 Å². The molecular weight excluding hydrogens is 280 g/mol. The molecule has 0 N–H and O–H groups in total. The normalized spacial score (nSPS) is 10.5. The lowest BCUT2D eigenvalue weighted by Gasteiger charge is -2.03. The van der Waals surface area contributed by atoms with Crippen molar-refractivity contribution in [1.82, 2.24) is 0 Å². The zero-order valence-corrected chi connectivity index (χ0v) is 11.4. The average molecular weight is 293 g/mol. The molecule has 1 aromatic carbocycles. The topological polar surface area (TPSA) is 30.2 Å². The maximum absolute atomic E-state index is 12.0. The number of hydrogen-bond donors (Lipinski definition) is 0. The third kappa shape index (κ3) is 2.86. The SMILES string of the molecule is Cc1cc(C)cc(CC(=O)c2occc2Br)c1. The van der Waals surface area contributed by atoms with Crippen molar-refractivity contribution >= 4 is 21.7 Å². The summed E-state index contributed by atoms with van der Waals surface area (Å²) >= 11 is 3.29. The second kappa shape index (κ2) is 4.88. The van der Waals surface area contributed by atoms with Crippen LogP contribution in [0.3, 0.4) is 0 Å². The summed E-state index contributed by atoms with van der Waals surface area (Å²) in [5.74, 6) is 0.385. The van der Waals surface area contributed by atoms with E-state index in [2.05, 4.69) is 22.0 Å². The minimum absolute atomic E-state index is 0.00752. The van der Waals surface area contributed by atoms with E-state index in [1.807, 2.05) is 26.0 Å². The van der Waals surface area contributed by atoms with Crippen LogP contribution in [0.5, 0.6) is 0 Å². The summed E-state index contributed by atoms with van der Waals surface area (Å²) in [6.07, 6.45) is 1.88. The van der Waals surface area contributed by atoms with E-state index in [1.165, 1.54) is 17.4 Å². The van der Waals surface area contributed by atoms with E-state index >= 15 is 0 Å². The molecule has 0 saturated heterocycles. The summed E-state index contributed by atoms with van der Waals surface area (Å²) in [5.41, 5.74) is 3.37. The van der Waals surface area contributed by atoms with Gasteiger partial charge < -0.3 is 4.42 Å². The smallest absolute Gasteiger partial charge is 0.203 e. The van der Waals surface area contributed by atoms with E-state index in [9.17, 15) is 4.79 Å². The fraction of sp³-hybridized carbons (Fsp3) is 0.214. The van der Waals surface area contributed by atoms with E-state index in [1.54, 1.807) is 6.07 Å². The molecule has 17 heavy (non-hydrogen) atoms. The Balaban J connectivity index is 2.21. The third-order valence-electron chi connectivity index (χ3n) is 2.52. The zero-order chi connectivity index (χ0) is 12.4. The fourth-order valence-electron chi connectivity index (χ4n) is 1.93. The molecule has 0 unspecified atom stereocenters. The lowest BCUT2D eigenvalue weighted by Crippen LogP contribution is -2.03. The van der Waals surface area contributed by atoms with Gasteiger partial charge in [0.25, 0.3) is 0 Å². The monoisotopic (exact) mass is 292 g/mol. The molecule has 3 heteroatoms. The van der Waals surface area contributed by atoms with Crippen LogP contribution in [0, 0.1) is 13.8 Å². The summed E-state index contributed by atoms with van der Waals surface area (Å²) in [5, 5.41) is 0. The molecule has 0 atom stereocenters. The molecule has 0 radical (unpaired) electrons. The number of ketones is 1. The van der Waals surface area contributed by atoms with E-state index in [-0.39, 0.29) is 5.78 Å². The van der Waals surface area contributed by atoms with Crippen LogP contribution in [0.15, 0.2) is 39.4 Å². The minimum Gasteiger partial charge on any atom is -0.460 e. The highest BCUT2D eigenvalue weighted by Crippen LogP contribution is 2.20. The largest absolute Gasteiger partial charge is 0.460 e. The van der Waals surface area contributed by atoms with Crippen molar-refractivity contribution in [2.45, 2.75) is 20.3 Å². The quantitative estimate of drug-likeness (QED) is 0.798. The van der Waals surface area contributed by atoms with Crippen molar-refractivity contribution in [2.24, 2.45) is 0 Å². The fourth-order valence-corrected chi connectivity index (χ4v) is 2.35. The molecule has 0 aliphatic heterocycles. The number of Topliss-reactive ketones (excluding diaryl/α,β-unsaturated/α-hetero) is 1. The number of hydrogen-bond acceptors (Lipinski definition) is 2. The minimum atomic E-state index is -0.00752. The van der Waals surface area contributed by atoms with Crippen molar-refractivity contribution in [3.8, 4) is 0 Å². The lowest BCUT2D eigenvalue weighted by atomic mass is 10.0. The Hall–Kier alpha value is -1.35. The van der Waals surface area contributed by atoms with Gasteiger partial charge >= 0.3 is 0 Å². The van der Waals surface area contributed by atoms with Crippen molar-refractivity contribution in [3.05, 3.63) is 57.5 Å². The first-order valence-corrected chi connectivity index (χ1v) is 6.19. The zero-order valence-electron chi connectivity index (χ0n) is 9.79. The molecule has 0 saturated carbocycles. The molecule has 0 aliphatic rings. The first-order valence-electron chi connectivity index (χ1n) is 5.39. The molecule has 2 nitrogen and oxygen atoms in total. The molecule has 2 rings (SSSR count). The van der Waals surface area contributed by atoms with Crippen LogP contribution in [0.2, 0.25) is 0 Å². The number of furan rings is 1. The molecule has 0 aliphatic carbocycles. The van der Waals surface area contributed by atoms with E-state index in [4.69, 9.17) is 4.42 Å². The molecular formula is C14H13BrO2. The van der Waals surface area contributed by atoms with Crippen molar-refractivity contribution in [3.63, 3.8) is 0 Å². The first kappa shape index (κ1) is 12.1. The summed E-state index contributed by atoms with van der Waals surface area (Å²) in [7, 11) is 0. The lowest BCUT2D eigenvalue weighted by molar-refractivity contribution is 0.0965. The number of halogens is 1. The van der Waals surface area contributed by atoms with Crippen LogP contribution < -0.4 is 0 Å². The van der Waals surface area contributed by atoms with E-state index in [0.717, 1.165) is 5.56 Å². The molecule has 0 bridgehead atoms. The Bertz CT molecular complexity index is 535. The summed E-state index contributed by atoms with van der Waals surface area (Å²) in [4.78, 5) is 12.0. The summed E-state index contributed by atoms with van der Waals surface area (Å²) in [6.45, 7) is 4.06. The first-order chi connectivity index (χ1) is 8.06. The van der Waals surface area contributed by atoms with Gasteiger partial charge in [-0.1, -0.05) is 29.3 Å². The highest BCUT2D eigenvalue weighted by atomic mass is 79.9. The molecule has 0 spiro atoms. The van der Waals surface area contributed by atoms with Gasteiger partial charge in [0.15, 0.2) is 5.76 Å². The molecule has 0 amide bonds. The summed E-state index contributed by atoms with van der Waals surface area (Å²) in [6, 6.07) is 7.88. The average Bonchev–Trinajstić information content (AvgIpc) is 2.62. The molecule has 1 heterocycles. The Labute approximate surface area is 109 Å². The molecule has 2 aromatic rings. The van der Waals surface area contributed by atoms with Crippen LogP contribution in [0.25, 0.3) is 0 Å². The van der Waals surface area contributed by atoms with Crippen molar-refractivity contribution in [1.29, 1.82) is 0 Å². The van der Waals surface area contributed by atoms with Gasteiger partial charge in [-0.2, -0.15) is 0 Å². The standard InChI is InChI=1S/C14H13BrO2/c1-9-5-10(2)7-11(6-9)8-13(16)14-12(15)3-4-17-14/h3-7H,8H2,1-2H3. The van der Waals surface area contributed by atoms with Gasteiger partial charge in [0.1, 0.15) is 0 Å². The van der Waals surface area contributed by atoms with Crippen molar-refractivity contribution in [2.75, 3.05) is 0 Å². The second-order valence-electron chi connectivity index (χ2n) is 4.19. The number of aryl methyl sites for hydroxylation is 2. The maximum Gasteiger partial charge on any atom is 0.203 e. The molecule has 0 fully saturated rings.